The average Bonchev–Trinajstić information content (AvgIpc) is 2.44. The molecular formula is C16H23N3O. The summed E-state index contributed by atoms with van der Waals surface area (Å²) in [5, 5.41) is 21.6. The molecule has 1 aliphatic rings. The molecule has 0 aromatic carbocycles. The monoisotopic (exact) mass is 273 g/mol. The van der Waals surface area contributed by atoms with Gasteiger partial charge in [0.15, 0.2) is 0 Å². The minimum atomic E-state index is -0.0148. The summed E-state index contributed by atoms with van der Waals surface area (Å²) in [6.45, 7) is 5.08. The molecule has 0 saturated carbocycles. The van der Waals surface area contributed by atoms with Crippen molar-refractivity contribution in [2.45, 2.75) is 46.0 Å². The molecule has 0 radical (unpaired) electrons. The van der Waals surface area contributed by atoms with Crippen LogP contribution >= 0.6 is 0 Å². The van der Waals surface area contributed by atoms with Crippen molar-refractivity contribution in [3.63, 3.8) is 0 Å². The van der Waals surface area contributed by atoms with Crippen molar-refractivity contribution < 1.29 is 5.11 Å². The van der Waals surface area contributed by atoms with Crippen molar-refractivity contribution in [3.8, 4) is 6.07 Å². The summed E-state index contributed by atoms with van der Waals surface area (Å²) < 4.78 is 0. The van der Waals surface area contributed by atoms with Gasteiger partial charge in [0, 0.05) is 18.8 Å². The van der Waals surface area contributed by atoms with Crippen molar-refractivity contribution in [1.82, 2.24) is 4.98 Å². The number of aromatic nitrogens is 1. The largest absolute Gasteiger partial charge is 0.396 e. The van der Waals surface area contributed by atoms with E-state index >= 15 is 0 Å². The second-order valence-corrected chi connectivity index (χ2v) is 6.30. The number of aliphatic hydroxyl groups excluding tert-OH is 1. The molecule has 1 aromatic heterocycles. The van der Waals surface area contributed by atoms with Crippen molar-refractivity contribution in [1.29, 1.82) is 5.26 Å². The number of nitrogens with one attached hydrogen (secondary N) is 1. The fourth-order valence-electron chi connectivity index (χ4n) is 2.57. The van der Waals surface area contributed by atoms with Crippen LogP contribution in [0.15, 0.2) is 6.07 Å². The van der Waals surface area contributed by atoms with Gasteiger partial charge in [0.05, 0.1) is 5.56 Å². The molecule has 0 fully saturated rings. The molecule has 20 heavy (non-hydrogen) atoms. The first-order chi connectivity index (χ1) is 9.55. The number of hydrogen-bond donors (Lipinski definition) is 2. The van der Waals surface area contributed by atoms with E-state index in [2.05, 4.69) is 30.2 Å². The summed E-state index contributed by atoms with van der Waals surface area (Å²) in [4.78, 5) is 4.65. The highest BCUT2D eigenvalue weighted by Gasteiger charge is 2.19. The minimum absolute atomic E-state index is 0.0148. The fraction of sp³-hybridized carbons (Fsp3) is 0.625. The van der Waals surface area contributed by atoms with Crippen molar-refractivity contribution in [2.75, 3.05) is 18.5 Å². The third kappa shape index (κ3) is 3.49. The SMILES string of the molecule is CC(C)(CCO)CNc1nc2c(cc1C#N)CCCC2. The third-order valence-electron chi connectivity index (χ3n) is 3.94. The summed E-state index contributed by atoms with van der Waals surface area (Å²) in [5.41, 5.74) is 2.98. The molecule has 4 heteroatoms. The van der Waals surface area contributed by atoms with Crippen molar-refractivity contribution >= 4 is 5.82 Å². The number of pyridine rings is 1. The molecule has 1 heterocycles. The lowest BCUT2D eigenvalue weighted by atomic mass is 9.89. The van der Waals surface area contributed by atoms with E-state index in [0.717, 1.165) is 25.0 Å². The van der Waals surface area contributed by atoms with Crippen LogP contribution in [0.25, 0.3) is 0 Å². The predicted molar refractivity (Wildman–Crippen MR) is 79.6 cm³/mol. The van der Waals surface area contributed by atoms with Gasteiger partial charge < -0.3 is 10.4 Å². The van der Waals surface area contributed by atoms with E-state index in [9.17, 15) is 5.26 Å². The number of nitriles is 1. The lowest BCUT2D eigenvalue weighted by Crippen LogP contribution is -2.25. The topological polar surface area (TPSA) is 68.9 Å². The predicted octanol–water partition coefficient (Wildman–Crippen LogP) is 2.65. The second kappa shape index (κ2) is 6.23. The Morgan fingerprint density at radius 3 is 2.85 bits per heavy atom. The summed E-state index contributed by atoms with van der Waals surface area (Å²) in [5.74, 6) is 0.694. The lowest BCUT2D eigenvalue weighted by molar-refractivity contribution is 0.220. The molecule has 0 spiro atoms. The number of aryl methyl sites for hydroxylation is 2. The third-order valence-corrected chi connectivity index (χ3v) is 3.94. The summed E-state index contributed by atoms with van der Waals surface area (Å²) in [6, 6.07) is 4.23. The molecule has 108 valence electrons. The Balaban J connectivity index is 2.17. The van der Waals surface area contributed by atoms with Crippen LogP contribution in [0, 0.1) is 16.7 Å². The van der Waals surface area contributed by atoms with Gasteiger partial charge in [0.2, 0.25) is 0 Å². The second-order valence-electron chi connectivity index (χ2n) is 6.30. The van der Waals surface area contributed by atoms with E-state index in [1.807, 2.05) is 6.07 Å². The number of rotatable bonds is 5. The Kier molecular flexibility index (Phi) is 4.61. The van der Waals surface area contributed by atoms with Crippen LogP contribution in [0.5, 0.6) is 0 Å². The lowest BCUT2D eigenvalue weighted by Gasteiger charge is -2.25. The van der Waals surface area contributed by atoms with Crippen LogP contribution in [0.4, 0.5) is 5.82 Å². The van der Waals surface area contributed by atoms with Crippen LogP contribution in [-0.4, -0.2) is 23.2 Å². The number of anilines is 1. The normalized spacial score (nSPS) is 14.5. The van der Waals surface area contributed by atoms with E-state index in [-0.39, 0.29) is 12.0 Å². The molecule has 4 nitrogen and oxygen atoms in total. The minimum Gasteiger partial charge on any atom is -0.396 e. The van der Waals surface area contributed by atoms with Gasteiger partial charge in [-0.05, 0) is 49.1 Å². The van der Waals surface area contributed by atoms with Gasteiger partial charge in [-0.2, -0.15) is 5.26 Å². The zero-order valence-corrected chi connectivity index (χ0v) is 12.4. The van der Waals surface area contributed by atoms with Crippen molar-refractivity contribution in [3.05, 3.63) is 22.9 Å². The molecule has 1 aromatic rings. The maximum Gasteiger partial charge on any atom is 0.144 e. The van der Waals surface area contributed by atoms with Gasteiger partial charge in [0.1, 0.15) is 11.9 Å². The molecule has 0 unspecified atom stereocenters. The average molecular weight is 273 g/mol. The van der Waals surface area contributed by atoms with E-state index in [1.54, 1.807) is 0 Å². The van der Waals surface area contributed by atoms with Gasteiger partial charge in [-0.25, -0.2) is 4.98 Å². The summed E-state index contributed by atoms with van der Waals surface area (Å²) in [7, 11) is 0. The molecular weight excluding hydrogens is 250 g/mol. The smallest absolute Gasteiger partial charge is 0.144 e. The summed E-state index contributed by atoms with van der Waals surface area (Å²) >= 11 is 0. The number of aliphatic hydroxyl groups is 1. The van der Waals surface area contributed by atoms with Crippen LogP contribution in [0.2, 0.25) is 0 Å². The maximum atomic E-state index is 9.28. The molecule has 0 saturated heterocycles. The molecule has 2 N–H and O–H groups in total. The number of nitrogens with zero attached hydrogens (tertiary/aromatic N) is 2. The van der Waals surface area contributed by atoms with Gasteiger partial charge in [-0.3, -0.25) is 0 Å². The summed E-state index contributed by atoms with van der Waals surface area (Å²) in [6.07, 6.45) is 5.15. The number of hydrogen-bond acceptors (Lipinski definition) is 4. The van der Waals surface area contributed by atoms with Gasteiger partial charge in [-0.15, -0.1) is 0 Å². The van der Waals surface area contributed by atoms with Crippen LogP contribution < -0.4 is 5.32 Å². The highest BCUT2D eigenvalue weighted by molar-refractivity contribution is 5.54. The standard InChI is InChI=1S/C16H23N3O/c1-16(2,7-8-20)11-18-15-13(10-17)9-12-5-3-4-6-14(12)19-15/h9,20H,3-8,11H2,1-2H3,(H,18,19). The van der Waals surface area contributed by atoms with E-state index in [1.165, 1.54) is 18.4 Å². The Labute approximate surface area is 120 Å². The van der Waals surface area contributed by atoms with Gasteiger partial charge in [-0.1, -0.05) is 13.8 Å². The zero-order valence-electron chi connectivity index (χ0n) is 12.4. The quantitative estimate of drug-likeness (QED) is 0.865. The molecule has 1 aliphatic carbocycles. The first-order valence-electron chi connectivity index (χ1n) is 7.33. The zero-order chi connectivity index (χ0) is 14.6. The first-order valence-corrected chi connectivity index (χ1v) is 7.33. The highest BCUT2D eigenvalue weighted by Crippen LogP contribution is 2.26. The van der Waals surface area contributed by atoms with Crippen LogP contribution in [0.1, 0.15) is 49.9 Å². The molecule has 0 bridgehead atoms. The Hall–Kier alpha value is -1.60. The molecule has 0 aliphatic heterocycles. The van der Waals surface area contributed by atoms with Crippen LogP contribution in [0.3, 0.4) is 0 Å². The maximum absolute atomic E-state index is 9.28. The molecule has 2 rings (SSSR count). The molecule has 0 amide bonds. The Bertz CT molecular complexity index is 517. The Morgan fingerprint density at radius 1 is 1.40 bits per heavy atom. The first kappa shape index (κ1) is 14.8. The van der Waals surface area contributed by atoms with E-state index < -0.39 is 0 Å². The van der Waals surface area contributed by atoms with Gasteiger partial charge >= 0.3 is 0 Å². The number of fused-ring (bicyclic) bond motifs is 1. The Morgan fingerprint density at radius 2 is 2.15 bits per heavy atom. The van der Waals surface area contributed by atoms with Crippen molar-refractivity contribution in [2.24, 2.45) is 5.41 Å². The molecule has 0 atom stereocenters. The van der Waals surface area contributed by atoms with E-state index in [0.29, 0.717) is 17.9 Å². The van der Waals surface area contributed by atoms with Gasteiger partial charge in [0.25, 0.3) is 0 Å². The van der Waals surface area contributed by atoms with E-state index in [4.69, 9.17) is 5.11 Å². The highest BCUT2D eigenvalue weighted by atomic mass is 16.3. The van der Waals surface area contributed by atoms with Crippen LogP contribution in [-0.2, 0) is 12.8 Å². The fourth-order valence-corrected chi connectivity index (χ4v) is 2.57.